The highest BCUT2D eigenvalue weighted by molar-refractivity contribution is 5.89. The van der Waals surface area contributed by atoms with E-state index in [1.54, 1.807) is 26.6 Å². The standard InChI is InChI=1S/C20H25N5O2/c1-21-20(27-17-13-25-10-6-14(17)7-11-25)24-18-12-15(5-9-22-18)16-4-3-8-23-19(16)26-2/h3-5,8-9,12,14,17H,6-7,10-11,13H2,1-2H3,(H,21,22,24)/t17-/m0/s1. The number of rotatable bonds is 4. The molecule has 1 atom stereocenters. The molecule has 2 aromatic heterocycles. The third kappa shape index (κ3) is 3.88. The molecule has 7 nitrogen and oxygen atoms in total. The molecular weight excluding hydrogens is 342 g/mol. The van der Waals surface area contributed by atoms with Crippen LogP contribution in [0, 0.1) is 5.92 Å². The van der Waals surface area contributed by atoms with Crippen molar-refractivity contribution in [2.24, 2.45) is 10.9 Å². The highest BCUT2D eigenvalue weighted by Gasteiger charge is 2.36. The van der Waals surface area contributed by atoms with Gasteiger partial charge in [0, 0.05) is 31.5 Å². The minimum absolute atomic E-state index is 0.195. The van der Waals surface area contributed by atoms with Gasteiger partial charge in [-0.2, -0.15) is 0 Å². The van der Waals surface area contributed by atoms with Crippen LogP contribution in [0.4, 0.5) is 5.82 Å². The maximum Gasteiger partial charge on any atom is 0.290 e. The first-order chi connectivity index (χ1) is 13.3. The molecular formula is C20H25N5O2. The average Bonchev–Trinajstić information content (AvgIpc) is 2.74. The van der Waals surface area contributed by atoms with Crippen LogP contribution < -0.4 is 10.1 Å². The van der Waals surface area contributed by atoms with Gasteiger partial charge in [-0.25, -0.2) is 15.0 Å². The summed E-state index contributed by atoms with van der Waals surface area (Å²) in [5.41, 5.74) is 1.88. The van der Waals surface area contributed by atoms with Crippen LogP contribution in [0.25, 0.3) is 11.1 Å². The van der Waals surface area contributed by atoms with E-state index in [-0.39, 0.29) is 6.10 Å². The van der Waals surface area contributed by atoms with Gasteiger partial charge in [-0.05, 0) is 61.7 Å². The van der Waals surface area contributed by atoms with E-state index < -0.39 is 0 Å². The second-order valence-electron chi connectivity index (χ2n) is 6.94. The Morgan fingerprint density at radius 2 is 2.07 bits per heavy atom. The molecule has 5 rings (SSSR count). The number of hydrogen-bond acceptors (Lipinski definition) is 6. The second-order valence-corrected chi connectivity index (χ2v) is 6.94. The summed E-state index contributed by atoms with van der Waals surface area (Å²) in [6.07, 6.45) is 6.07. The van der Waals surface area contributed by atoms with Gasteiger partial charge >= 0.3 is 0 Å². The molecule has 0 aromatic carbocycles. The van der Waals surface area contributed by atoms with Gasteiger partial charge in [-0.3, -0.25) is 10.2 Å². The lowest BCUT2D eigenvalue weighted by atomic mass is 9.86. The van der Waals surface area contributed by atoms with Crippen LogP contribution in [0.3, 0.4) is 0 Å². The average molecular weight is 367 g/mol. The van der Waals surface area contributed by atoms with Crippen molar-refractivity contribution in [2.45, 2.75) is 18.9 Å². The van der Waals surface area contributed by atoms with Gasteiger partial charge in [-0.15, -0.1) is 0 Å². The van der Waals surface area contributed by atoms with E-state index in [0.717, 1.165) is 17.7 Å². The number of piperidine rings is 3. The number of hydrogen-bond donors (Lipinski definition) is 1. The van der Waals surface area contributed by atoms with Crippen molar-refractivity contribution in [1.29, 1.82) is 0 Å². The maximum atomic E-state index is 6.19. The number of aromatic nitrogens is 2. The monoisotopic (exact) mass is 367 g/mol. The van der Waals surface area contributed by atoms with Gasteiger partial charge in [0.1, 0.15) is 11.9 Å². The first-order valence-corrected chi connectivity index (χ1v) is 9.35. The summed E-state index contributed by atoms with van der Waals surface area (Å²) < 4.78 is 11.6. The van der Waals surface area contributed by atoms with Gasteiger partial charge in [0.25, 0.3) is 6.02 Å². The fourth-order valence-electron chi connectivity index (χ4n) is 3.87. The van der Waals surface area contributed by atoms with Crippen LogP contribution in [0.5, 0.6) is 5.88 Å². The number of nitrogens with one attached hydrogen (secondary N) is 1. The zero-order chi connectivity index (χ0) is 18.6. The minimum Gasteiger partial charge on any atom is -0.481 e. The smallest absolute Gasteiger partial charge is 0.290 e. The normalized spacial score (nSPS) is 24.5. The first-order valence-electron chi connectivity index (χ1n) is 9.35. The summed E-state index contributed by atoms with van der Waals surface area (Å²) in [6.45, 7) is 3.35. The molecule has 5 heterocycles. The van der Waals surface area contributed by atoms with E-state index in [1.165, 1.54) is 25.9 Å². The van der Waals surface area contributed by atoms with E-state index in [4.69, 9.17) is 9.47 Å². The Balaban J connectivity index is 1.48. The molecule has 1 N–H and O–H groups in total. The number of aliphatic imine (C=N–C) groups is 1. The summed E-state index contributed by atoms with van der Waals surface area (Å²) in [6, 6.07) is 8.26. The molecule has 142 valence electrons. The molecule has 2 bridgehead atoms. The highest BCUT2D eigenvalue weighted by atomic mass is 16.5. The van der Waals surface area contributed by atoms with Crippen LogP contribution in [0.15, 0.2) is 41.7 Å². The summed E-state index contributed by atoms with van der Waals surface area (Å²) in [7, 11) is 3.35. The maximum absolute atomic E-state index is 6.19. The van der Waals surface area contributed by atoms with Crippen molar-refractivity contribution in [3.8, 4) is 17.0 Å². The Morgan fingerprint density at radius 1 is 1.22 bits per heavy atom. The quantitative estimate of drug-likeness (QED) is 0.662. The Kier molecular flexibility index (Phi) is 5.20. The van der Waals surface area contributed by atoms with Gasteiger partial charge in [-0.1, -0.05) is 0 Å². The molecule has 0 saturated carbocycles. The lowest BCUT2D eigenvalue weighted by molar-refractivity contribution is -0.0146. The fraction of sp³-hybridized carbons (Fsp3) is 0.450. The Bertz CT molecular complexity index is 818. The van der Waals surface area contributed by atoms with Crippen molar-refractivity contribution in [1.82, 2.24) is 14.9 Å². The van der Waals surface area contributed by atoms with E-state index >= 15 is 0 Å². The number of anilines is 1. The van der Waals surface area contributed by atoms with Crippen molar-refractivity contribution in [3.63, 3.8) is 0 Å². The van der Waals surface area contributed by atoms with E-state index in [2.05, 4.69) is 25.2 Å². The number of pyridine rings is 2. The highest BCUT2D eigenvalue weighted by Crippen LogP contribution is 2.30. The molecule has 3 aliphatic heterocycles. The summed E-state index contributed by atoms with van der Waals surface area (Å²) >= 11 is 0. The van der Waals surface area contributed by atoms with E-state index in [9.17, 15) is 0 Å². The fourth-order valence-corrected chi connectivity index (χ4v) is 3.87. The molecule has 0 amide bonds. The van der Waals surface area contributed by atoms with Crippen LogP contribution in [-0.4, -0.2) is 60.8 Å². The summed E-state index contributed by atoms with van der Waals surface area (Å²) in [5, 5.41) is 3.22. The Labute approximate surface area is 159 Å². The first kappa shape index (κ1) is 17.7. The van der Waals surface area contributed by atoms with Crippen LogP contribution in [0.1, 0.15) is 12.8 Å². The number of nitrogens with zero attached hydrogens (tertiary/aromatic N) is 4. The predicted molar refractivity (Wildman–Crippen MR) is 105 cm³/mol. The number of ether oxygens (including phenoxy) is 2. The van der Waals surface area contributed by atoms with Crippen molar-refractivity contribution in [3.05, 3.63) is 36.7 Å². The lowest BCUT2D eigenvalue weighted by Gasteiger charge is -2.44. The molecule has 7 heteroatoms. The predicted octanol–water partition coefficient (Wildman–Crippen LogP) is 2.66. The lowest BCUT2D eigenvalue weighted by Crippen LogP contribution is -2.52. The molecule has 3 fully saturated rings. The molecule has 3 saturated heterocycles. The molecule has 0 aliphatic carbocycles. The van der Waals surface area contributed by atoms with Gasteiger partial charge in [0.2, 0.25) is 5.88 Å². The summed E-state index contributed by atoms with van der Waals surface area (Å²) in [4.78, 5) is 15.4. The SMILES string of the molecule is CN=C(Nc1cc(-c2cccnc2OC)ccn1)O[C@H]1CN2CCC1CC2. The van der Waals surface area contributed by atoms with E-state index in [1.807, 2.05) is 24.3 Å². The Hall–Kier alpha value is -2.67. The van der Waals surface area contributed by atoms with Crippen molar-refractivity contribution < 1.29 is 9.47 Å². The molecule has 27 heavy (non-hydrogen) atoms. The number of methoxy groups -OCH3 is 1. The number of amidine groups is 1. The van der Waals surface area contributed by atoms with Crippen LogP contribution >= 0.6 is 0 Å². The topological polar surface area (TPSA) is 71.9 Å². The second kappa shape index (κ2) is 7.92. The van der Waals surface area contributed by atoms with Gasteiger partial charge in [0.15, 0.2) is 0 Å². The van der Waals surface area contributed by atoms with Crippen LogP contribution in [0.2, 0.25) is 0 Å². The summed E-state index contributed by atoms with van der Waals surface area (Å²) in [5.74, 6) is 1.88. The minimum atomic E-state index is 0.195. The van der Waals surface area contributed by atoms with Crippen molar-refractivity contribution >= 4 is 11.8 Å². The zero-order valence-corrected chi connectivity index (χ0v) is 15.8. The van der Waals surface area contributed by atoms with Crippen molar-refractivity contribution in [2.75, 3.05) is 39.1 Å². The molecule has 2 aromatic rings. The molecule has 3 aliphatic rings. The third-order valence-electron chi connectivity index (χ3n) is 5.33. The van der Waals surface area contributed by atoms with E-state index in [0.29, 0.717) is 23.6 Å². The van der Waals surface area contributed by atoms with Gasteiger partial charge in [0.05, 0.1) is 7.11 Å². The Morgan fingerprint density at radius 3 is 2.78 bits per heavy atom. The third-order valence-corrected chi connectivity index (χ3v) is 5.33. The molecule has 0 unspecified atom stereocenters. The van der Waals surface area contributed by atoms with Crippen LogP contribution in [-0.2, 0) is 4.74 Å². The number of fused-ring (bicyclic) bond motifs is 3. The zero-order valence-electron chi connectivity index (χ0n) is 15.8. The molecule has 0 radical (unpaired) electrons. The molecule has 0 spiro atoms. The largest absolute Gasteiger partial charge is 0.481 e. The van der Waals surface area contributed by atoms with Gasteiger partial charge < -0.3 is 9.47 Å².